The van der Waals surface area contributed by atoms with E-state index < -0.39 is 49.5 Å². The first-order valence-corrected chi connectivity index (χ1v) is 16.6. The molecule has 3 heterocycles. The predicted molar refractivity (Wildman–Crippen MR) is 156 cm³/mol. The zero-order valence-corrected chi connectivity index (χ0v) is 26.3. The van der Waals surface area contributed by atoms with Crippen LogP contribution in [0.25, 0.3) is 0 Å². The fourth-order valence-corrected chi connectivity index (χ4v) is 7.01. The highest BCUT2D eigenvalue weighted by Crippen LogP contribution is 2.55. The molecule has 2 saturated heterocycles. The number of hydrogen-bond acceptors (Lipinski definition) is 10. The lowest BCUT2D eigenvalue weighted by atomic mass is 9.96. The number of esters is 1. The molecule has 0 bridgehead atoms. The SMILES string of the molecule is CCCCCCCOC(=O)[C@H](C)NP1(=O)OC[C@H]2O[C@@H](n3ccc(NC(=O)C(CCC)CCC)nc3=O)[C@](C)(O)[C@@H]2O1. The molecule has 1 amide bonds. The Hall–Kier alpha value is -2.15. The molecule has 14 heteroatoms. The lowest BCUT2D eigenvalue weighted by Gasteiger charge is -2.36. The molecular formula is C28H47N4O9P. The van der Waals surface area contributed by atoms with Crippen molar-refractivity contribution in [2.75, 3.05) is 18.5 Å². The number of hydrogen-bond donors (Lipinski definition) is 3. The molecule has 0 radical (unpaired) electrons. The summed E-state index contributed by atoms with van der Waals surface area (Å²) >= 11 is 0. The second kappa shape index (κ2) is 15.5. The van der Waals surface area contributed by atoms with Crippen LogP contribution in [0.15, 0.2) is 17.1 Å². The van der Waals surface area contributed by atoms with Gasteiger partial charge in [0.1, 0.15) is 29.7 Å². The van der Waals surface area contributed by atoms with Crippen LogP contribution in [0.1, 0.15) is 98.6 Å². The van der Waals surface area contributed by atoms with Gasteiger partial charge in [-0.05, 0) is 39.2 Å². The molecule has 2 aliphatic heterocycles. The van der Waals surface area contributed by atoms with Crippen molar-refractivity contribution in [1.82, 2.24) is 14.6 Å². The first-order valence-electron chi connectivity index (χ1n) is 15.1. The maximum absolute atomic E-state index is 13.4. The van der Waals surface area contributed by atoms with Gasteiger partial charge in [0.2, 0.25) is 5.91 Å². The van der Waals surface area contributed by atoms with E-state index in [0.29, 0.717) is 0 Å². The minimum atomic E-state index is -4.04. The standard InChI is InChI=1S/C28H47N4O9P/c1-6-9-10-11-12-17-38-25(34)19(4)31-42(37)39-18-21-23(41-42)28(5,36)26(40-21)32-16-15-22(30-27(32)35)29-24(33)20(13-7-2)14-8-3/h15-16,19-21,23,26,36H,6-14,17-18H2,1-5H3,(H,31,37)(H,29,30,33,35)/t19-,21+,23+,26+,28+,42?/m0/s1. The minimum Gasteiger partial charge on any atom is -0.465 e. The molecule has 0 aliphatic carbocycles. The molecule has 1 aromatic heterocycles. The third-order valence-electron chi connectivity index (χ3n) is 7.55. The molecule has 42 heavy (non-hydrogen) atoms. The fourth-order valence-electron chi connectivity index (χ4n) is 5.24. The van der Waals surface area contributed by atoms with Crippen LogP contribution in [-0.2, 0) is 32.7 Å². The number of aromatic nitrogens is 2. The molecule has 1 aromatic rings. The summed E-state index contributed by atoms with van der Waals surface area (Å²) in [5, 5.41) is 16.7. The third-order valence-corrected chi connectivity index (χ3v) is 9.25. The summed E-state index contributed by atoms with van der Waals surface area (Å²) in [5.41, 5.74) is -2.58. The van der Waals surface area contributed by atoms with Crippen molar-refractivity contribution in [3.05, 3.63) is 22.7 Å². The van der Waals surface area contributed by atoms with Gasteiger partial charge in [-0.15, -0.1) is 0 Å². The number of carbonyl (C=O) groups is 2. The quantitative estimate of drug-likeness (QED) is 0.140. The Morgan fingerprint density at radius 2 is 1.88 bits per heavy atom. The molecule has 3 N–H and O–H groups in total. The van der Waals surface area contributed by atoms with Crippen molar-refractivity contribution >= 4 is 25.4 Å². The van der Waals surface area contributed by atoms with Gasteiger partial charge in [-0.2, -0.15) is 4.98 Å². The molecule has 0 aromatic carbocycles. The van der Waals surface area contributed by atoms with Crippen LogP contribution in [0.3, 0.4) is 0 Å². The van der Waals surface area contributed by atoms with Crippen molar-refractivity contribution in [2.45, 2.75) is 122 Å². The lowest BCUT2D eigenvalue weighted by molar-refractivity contribution is -0.145. The Kier molecular flexibility index (Phi) is 12.7. The number of ether oxygens (including phenoxy) is 2. The maximum Gasteiger partial charge on any atom is 0.406 e. The summed E-state index contributed by atoms with van der Waals surface area (Å²) in [6.45, 7) is 9.08. The number of fused-ring (bicyclic) bond motifs is 1. The fraction of sp³-hybridized carbons (Fsp3) is 0.786. The molecule has 0 saturated carbocycles. The number of nitrogens with one attached hydrogen (secondary N) is 2. The predicted octanol–water partition coefficient (Wildman–Crippen LogP) is 4.06. The summed E-state index contributed by atoms with van der Waals surface area (Å²) in [4.78, 5) is 42.0. The Labute approximate surface area is 247 Å². The number of rotatable bonds is 16. The zero-order valence-electron chi connectivity index (χ0n) is 25.4. The number of unbranched alkanes of at least 4 members (excludes halogenated alkanes) is 4. The Morgan fingerprint density at radius 1 is 1.19 bits per heavy atom. The molecule has 238 valence electrons. The summed E-state index contributed by atoms with van der Waals surface area (Å²) < 4.78 is 36.8. The summed E-state index contributed by atoms with van der Waals surface area (Å²) in [5.74, 6) is -0.864. The van der Waals surface area contributed by atoms with E-state index in [2.05, 4.69) is 22.3 Å². The largest absolute Gasteiger partial charge is 0.465 e. The van der Waals surface area contributed by atoms with E-state index in [1.807, 2.05) is 13.8 Å². The first-order chi connectivity index (χ1) is 20.0. The normalized spacial score (nSPS) is 27.9. The van der Waals surface area contributed by atoms with Crippen LogP contribution in [0.2, 0.25) is 0 Å². The van der Waals surface area contributed by atoms with Crippen molar-refractivity contribution in [3.8, 4) is 0 Å². The molecule has 6 atom stereocenters. The van der Waals surface area contributed by atoms with E-state index in [1.165, 1.54) is 26.1 Å². The summed E-state index contributed by atoms with van der Waals surface area (Å²) in [6.07, 6.45) is 6.35. The Morgan fingerprint density at radius 3 is 2.52 bits per heavy atom. The zero-order chi connectivity index (χ0) is 30.9. The number of nitrogens with zero attached hydrogens (tertiary/aromatic N) is 2. The van der Waals surface area contributed by atoms with Gasteiger partial charge in [-0.3, -0.25) is 23.2 Å². The number of aliphatic hydroxyl groups is 1. The van der Waals surface area contributed by atoms with Gasteiger partial charge in [0.15, 0.2) is 6.23 Å². The smallest absolute Gasteiger partial charge is 0.406 e. The highest BCUT2D eigenvalue weighted by molar-refractivity contribution is 7.51. The van der Waals surface area contributed by atoms with Crippen LogP contribution in [0.5, 0.6) is 0 Å². The van der Waals surface area contributed by atoms with Crippen LogP contribution >= 0.6 is 7.75 Å². The van der Waals surface area contributed by atoms with Crippen LogP contribution in [0, 0.1) is 5.92 Å². The van der Waals surface area contributed by atoms with Crippen LogP contribution < -0.4 is 16.1 Å². The third kappa shape index (κ3) is 8.70. The second-order valence-electron chi connectivity index (χ2n) is 11.3. The Bertz CT molecular complexity index is 1150. The summed E-state index contributed by atoms with van der Waals surface area (Å²) in [6, 6.07) is 0.464. The van der Waals surface area contributed by atoms with Gasteiger partial charge in [0.05, 0.1) is 13.2 Å². The van der Waals surface area contributed by atoms with Gasteiger partial charge in [-0.1, -0.05) is 59.3 Å². The van der Waals surface area contributed by atoms with Crippen LogP contribution in [0.4, 0.5) is 5.82 Å². The Balaban J connectivity index is 1.62. The van der Waals surface area contributed by atoms with Gasteiger partial charge < -0.3 is 19.9 Å². The van der Waals surface area contributed by atoms with Crippen molar-refractivity contribution in [2.24, 2.45) is 5.92 Å². The van der Waals surface area contributed by atoms with E-state index in [9.17, 15) is 24.1 Å². The molecule has 1 unspecified atom stereocenters. The van der Waals surface area contributed by atoms with Gasteiger partial charge in [0, 0.05) is 12.1 Å². The second-order valence-corrected chi connectivity index (χ2v) is 13.0. The molecule has 2 aliphatic rings. The topological polar surface area (TPSA) is 167 Å². The summed E-state index contributed by atoms with van der Waals surface area (Å²) in [7, 11) is -4.04. The molecule has 13 nitrogen and oxygen atoms in total. The first kappa shape index (κ1) is 34.3. The van der Waals surface area contributed by atoms with E-state index in [0.717, 1.165) is 62.4 Å². The highest BCUT2D eigenvalue weighted by Gasteiger charge is 2.60. The van der Waals surface area contributed by atoms with E-state index in [-0.39, 0.29) is 30.9 Å². The molecule has 0 spiro atoms. The lowest BCUT2D eigenvalue weighted by Crippen LogP contribution is -2.50. The highest BCUT2D eigenvalue weighted by atomic mass is 31.2. The monoisotopic (exact) mass is 614 g/mol. The average Bonchev–Trinajstić information content (AvgIpc) is 3.19. The minimum absolute atomic E-state index is 0.101. The molecule has 2 fully saturated rings. The van der Waals surface area contributed by atoms with Crippen LogP contribution in [-0.4, -0.2) is 63.6 Å². The van der Waals surface area contributed by atoms with Crippen molar-refractivity contribution < 1.29 is 37.8 Å². The van der Waals surface area contributed by atoms with Crippen molar-refractivity contribution in [1.29, 1.82) is 0 Å². The van der Waals surface area contributed by atoms with E-state index >= 15 is 0 Å². The molecule has 3 rings (SSSR count). The number of anilines is 1. The maximum atomic E-state index is 13.4. The molecular weight excluding hydrogens is 567 g/mol. The van der Waals surface area contributed by atoms with Gasteiger partial charge in [0.25, 0.3) is 0 Å². The average molecular weight is 615 g/mol. The van der Waals surface area contributed by atoms with E-state index in [1.54, 1.807) is 0 Å². The van der Waals surface area contributed by atoms with Gasteiger partial charge >= 0.3 is 19.4 Å². The van der Waals surface area contributed by atoms with Gasteiger partial charge in [-0.25, -0.2) is 14.4 Å². The van der Waals surface area contributed by atoms with Crippen molar-refractivity contribution in [3.63, 3.8) is 0 Å². The number of amides is 1. The van der Waals surface area contributed by atoms with E-state index in [4.69, 9.17) is 18.5 Å². The number of carbonyl (C=O) groups excluding carboxylic acids is 2.